The van der Waals surface area contributed by atoms with Gasteiger partial charge in [0.05, 0.1) is 26.4 Å². The quantitative estimate of drug-likeness (QED) is 0.495. The van der Waals surface area contributed by atoms with Gasteiger partial charge in [0, 0.05) is 9.04 Å². The van der Waals surface area contributed by atoms with E-state index in [2.05, 4.69) is 20.8 Å². The number of hydrogen-bond donors (Lipinski definition) is 0. The zero-order chi connectivity index (χ0) is 11.3. The van der Waals surface area contributed by atoms with Gasteiger partial charge in [0.2, 0.25) is 0 Å². The van der Waals surface area contributed by atoms with Crippen molar-refractivity contribution in [1.82, 2.24) is 0 Å². The third-order valence-corrected chi connectivity index (χ3v) is 11.0. The summed E-state index contributed by atoms with van der Waals surface area (Å²) in [5, 5.41) is 0.742. The van der Waals surface area contributed by atoms with Gasteiger partial charge < -0.3 is 14.2 Å². The average Bonchev–Trinajstić information content (AvgIpc) is 2.98. The van der Waals surface area contributed by atoms with Gasteiger partial charge in [-0.3, -0.25) is 0 Å². The summed E-state index contributed by atoms with van der Waals surface area (Å²) in [6.07, 6.45) is 0.785. The van der Waals surface area contributed by atoms with Crippen LogP contribution >= 0.6 is 0 Å². The lowest BCUT2D eigenvalue weighted by Crippen LogP contribution is -2.06. The highest BCUT2D eigenvalue weighted by molar-refractivity contribution is 6.91. The molecule has 0 bridgehead atoms. The predicted molar refractivity (Wildman–Crippen MR) is 68.5 cm³/mol. The molecule has 0 spiro atoms. The minimum absolute atomic E-state index is 0.391. The van der Waals surface area contributed by atoms with Gasteiger partial charge in [-0.05, 0) is 9.76 Å². The van der Waals surface area contributed by atoms with Crippen LogP contribution in [0.4, 0.5) is 0 Å². The maximum absolute atomic E-state index is 5.23. The Labute approximate surface area is 97.9 Å². The van der Waals surface area contributed by atoms with Crippen molar-refractivity contribution >= 4 is 18.8 Å². The van der Waals surface area contributed by atoms with Crippen molar-refractivity contribution in [2.45, 2.75) is 38.0 Å². The molecule has 5 heteroatoms. The number of ether oxygens (including phenoxy) is 3. The maximum atomic E-state index is 5.23. The molecule has 2 saturated heterocycles. The molecular weight excluding hydrogens is 224 g/mol. The SMILES string of the molecule is C(OCC1CO1)C1CO1.CC(C)(C)[SiH2][SiH3]. The first-order valence-electron chi connectivity index (χ1n) is 5.82. The highest BCUT2D eigenvalue weighted by atomic mass is 29.1. The molecule has 0 amide bonds. The molecule has 3 nitrogen and oxygen atoms in total. The second kappa shape index (κ2) is 6.15. The van der Waals surface area contributed by atoms with E-state index in [0.717, 1.165) is 31.5 Å². The summed E-state index contributed by atoms with van der Waals surface area (Å²) in [5.41, 5.74) is 0. The van der Waals surface area contributed by atoms with Gasteiger partial charge in [-0.15, -0.1) is 0 Å². The molecule has 0 aromatic carbocycles. The van der Waals surface area contributed by atoms with Crippen LogP contribution in [0.2, 0.25) is 5.04 Å². The summed E-state index contributed by atoms with van der Waals surface area (Å²) < 4.78 is 15.1. The molecule has 2 fully saturated rings. The Balaban J connectivity index is 0.000000167. The molecule has 0 aliphatic carbocycles. The third kappa shape index (κ3) is 9.25. The standard InChI is InChI=1S/C6H10O3.C4H14Si2/c1(5-3-8-5)7-2-6-4-9-6;1-4(2,3)6-5/h5-6H,1-4H2;6H2,1-3,5H3. The molecule has 2 atom stereocenters. The fourth-order valence-electron chi connectivity index (χ4n) is 0.659. The lowest BCUT2D eigenvalue weighted by Gasteiger charge is -2.12. The molecule has 2 unspecified atom stereocenters. The van der Waals surface area contributed by atoms with Gasteiger partial charge in [0.15, 0.2) is 0 Å². The van der Waals surface area contributed by atoms with Gasteiger partial charge in [0.1, 0.15) is 12.2 Å². The summed E-state index contributed by atoms with van der Waals surface area (Å²) in [6.45, 7) is 10.3. The van der Waals surface area contributed by atoms with Crippen molar-refractivity contribution in [2.75, 3.05) is 26.4 Å². The third-order valence-electron chi connectivity index (χ3n) is 2.47. The van der Waals surface area contributed by atoms with Gasteiger partial charge in [-0.1, -0.05) is 25.8 Å². The van der Waals surface area contributed by atoms with E-state index in [1.165, 1.54) is 9.76 Å². The van der Waals surface area contributed by atoms with Crippen molar-refractivity contribution < 1.29 is 14.2 Å². The minimum Gasteiger partial charge on any atom is -0.376 e. The highest BCUT2D eigenvalue weighted by Crippen LogP contribution is 2.17. The Morgan fingerprint density at radius 1 is 1.20 bits per heavy atom. The lowest BCUT2D eigenvalue weighted by atomic mass is 10.3. The van der Waals surface area contributed by atoms with E-state index in [1.54, 1.807) is 0 Å². The molecule has 90 valence electrons. The Hall–Kier alpha value is 0.314. The van der Waals surface area contributed by atoms with Crippen LogP contribution in [0.1, 0.15) is 20.8 Å². The number of rotatable bonds is 4. The Bertz CT molecular complexity index is 162. The molecule has 0 saturated carbocycles. The van der Waals surface area contributed by atoms with Crippen molar-refractivity contribution in [3.63, 3.8) is 0 Å². The smallest absolute Gasteiger partial charge is 0.104 e. The largest absolute Gasteiger partial charge is 0.376 e. The Morgan fingerprint density at radius 2 is 1.53 bits per heavy atom. The van der Waals surface area contributed by atoms with Crippen molar-refractivity contribution in [1.29, 1.82) is 0 Å². The molecule has 2 aliphatic rings. The normalized spacial score (nSPS) is 29.0. The highest BCUT2D eigenvalue weighted by Gasteiger charge is 2.26. The lowest BCUT2D eigenvalue weighted by molar-refractivity contribution is 0.102. The molecule has 2 aliphatic heterocycles. The van der Waals surface area contributed by atoms with Gasteiger partial charge in [-0.25, -0.2) is 0 Å². The van der Waals surface area contributed by atoms with E-state index >= 15 is 0 Å². The van der Waals surface area contributed by atoms with Gasteiger partial charge in [-0.2, -0.15) is 0 Å². The summed E-state index contributed by atoms with van der Waals surface area (Å²) in [4.78, 5) is 0. The first kappa shape index (κ1) is 13.4. The molecular formula is C10H24O3Si2. The Morgan fingerprint density at radius 3 is 1.73 bits per heavy atom. The van der Waals surface area contributed by atoms with E-state index in [-0.39, 0.29) is 0 Å². The molecule has 15 heavy (non-hydrogen) atoms. The number of epoxide rings is 2. The van der Waals surface area contributed by atoms with E-state index in [0.29, 0.717) is 21.2 Å². The summed E-state index contributed by atoms with van der Waals surface area (Å²) in [6, 6.07) is 0. The maximum Gasteiger partial charge on any atom is 0.104 e. The molecule has 2 rings (SSSR count). The molecule has 2 heterocycles. The van der Waals surface area contributed by atoms with E-state index in [4.69, 9.17) is 14.2 Å². The first-order valence-corrected chi connectivity index (χ1v) is 12.2. The first-order chi connectivity index (χ1) is 7.01. The number of hydrogen-bond acceptors (Lipinski definition) is 3. The van der Waals surface area contributed by atoms with Crippen LogP contribution in [0, 0.1) is 0 Å². The van der Waals surface area contributed by atoms with Gasteiger partial charge >= 0.3 is 0 Å². The van der Waals surface area contributed by atoms with Gasteiger partial charge in [0.25, 0.3) is 0 Å². The predicted octanol–water partition coefficient (Wildman–Crippen LogP) is -0.545. The molecule has 0 N–H and O–H groups in total. The second-order valence-corrected chi connectivity index (χ2v) is 10.3. The second-order valence-electron chi connectivity index (χ2n) is 5.36. The van der Waals surface area contributed by atoms with Crippen molar-refractivity contribution in [3.8, 4) is 0 Å². The topological polar surface area (TPSA) is 34.3 Å². The van der Waals surface area contributed by atoms with Crippen LogP contribution in [0.15, 0.2) is 0 Å². The van der Waals surface area contributed by atoms with Crippen LogP contribution in [0.3, 0.4) is 0 Å². The zero-order valence-electron chi connectivity index (χ0n) is 10.4. The fraction of sp³-hybridized carbons (Fsp3) is 1.00. The van der Waals surface area contributed by atoms with Crippen LogP contribution in [-0.2, 0) is 14.2 Å². The van der Waals surface area contributed by atoms with E-state index in [1.807, 2.05) is 0 Å². The summed E-state index contributed by atoms with van der Waals surface area (Å²) in [7, 11) is 1.88. The fourth-order valence-corrected chi connectivity index (χ4v) is 0.659. The van der Waals surface area contributed by atoms with Crippen LogP contribution in [-0.4, -0.2) is 57.4 Å². The molecule has 0 aromatic heterocycles. The van der Waals surface area contributed by atoms with Crippen LogP contribution in [0.25, 0.3) is 0 Å². The monoisotopic (exact) mass is 248 g/mol. The average molecular weight is 248 g/mol. The zero-order valence-corrected chi connectivity index (χ0v) is 13.8. The van der Waals surface area contributed by atoms with E-state index < -0.39 is 0 Å². The minimum atomic E-state index is 0.391. The van der Waals surface area contributed by atoms with Crippen LogP contribution in [0.5, 0.6) is 0 Å². The van der Waals surface area contributed by atoms with E-state index in [9.17, 15) is 0 Å². The molecule has 0 radical (unpaired) electrons. The van der Waals surface area contributed by atoms with Crippen molar-refractivity contribution in [2.24, 2.45) is 0 Å². The summed E-state index contributed by atoms with van der Waals surface area (Å²) >= 11 is 0. The Kier molecular flexibility index (Phi) is 5.48. The summed E-state index contributed by atoms with van der Waals surface area (Å²) in [5.74, 6) is 0. The van der Waals surface area contributed by atoms with Crippen LogP contribution < -0.4 is 0 Å². The van der Waals surface area contributed by atoms with Crippen molar-refractivity contribution in [3.05, 3.63) is 0 Å². The molecule has 0 aromatic rings.